The van der Waals surface area contributed by atoms with E-state index in [9.17, 15) is 13.2 Å². The fourth-order valence-corrected chi connectivity index (χ4v) is 4.96. The van der Waals surface area contributed by atoms with E-state index >= 15 is 0 Å². The van der Waals surface area contributed by atoms with E-state index in [1.165, 1.54) is 22.5 Å². The van der Waals surface area contributed by atoms with Gasteiger partial charge in [-0.2, -0.15) is 4.31 Å². The van der Waals surface area contributed by atoms with Gasteiger partial charge in [0, 0.05) is 18.5 Å². The molecule has 3 aromatic rings. The Balaban J connectivity index is 1.62. The number of hydrogen-bond donors (Lipinski definition) is 2. The molecule has 1 aliphatic rings. The van der Waals surface area contributed by atoms with E-state index in [0.29, 0.717) is 23.8 Å². The van der Waals surface area contributed by atoms with Crippen LogP contribution < -0.4 is 5.32 Å². The van der Waals surface area contributed by atoms with Crippen LogP contribution in [-0.4, -0.2) is 49.9 Å². The van der Waals surface area contributed by atoms with Crippen LogP contribution in [0.25, 0.3) is 10.9 Å². The molecule has 1 aliphatic heterocycles. The van der Waals surface area contributed by atoms with E-state index in [2.05, 4.69) is 10.3 Å². The van der Waals surface area contributed by atoms with Crippen molar-refractivity contribution in [3.63, 3.8) is 0 Å². The summed E-state index contributed by atoms with van der Waals surface area (Å²) in [5, 5.41) is 4.19. The zero-order valence-corrected chi connectivity index (χ0v) is 17.4. The Hall–Kier alpha value is -2.10. The lowest BCUT2D eigenvalue weighted by atomic mass is 10.2. The first-order valence-corrected chi connectivity index (χ1v) is 11.0. The van der Waals surface area contributed by atoms with E-state index in [-0.39, 0.29) is 34.4 Å². The SMILES string of the molecule is O=C(Nc1cc(S(=O)(=O)N2CCOCC2)ccc1Cl)c1cc2cccc(Cl)c2[nH]1. The number of carbonyl (C=O) groups excluding carboxylic acids is 1. The number of rotatable bonds is 4. The predicted molar refractivity (Wildman–Crippen MR) is 112 cm³/mol. The molecule has 0 saturated carbocycles. The lowest BCUT2D eigenvalue weighted by Gasteiger charge is -2.26. The summed E-state index contributed by atoms with van der Waals surface area (Å²) < 4.78 is 32.3. The molecule has 1 aromatic heterocycles. The normalized spacial score (nSPS) is 15.5. The second-order valence-corrected chi connectivity index (χ2v) is 9.25. The van der Waals surface area contributed by atoms with E-state index in [1.807, 2.05) is 6.07 Å². The second-order valence-electron chi connectivity index (χ2n) is 6.50. The molecule has 1 fully saturated rings. The Morgan fingerprint density at radius 3 is 2.55 bits per heavy atom. The predicted octanol–water partition coefficient (Wildman–Crippen LogP) is 3.75. The highest BCUT2D eigenvalue weighted by Gasteiger charge is 2.27. The lowest BCUT2D eigenvalue weighted by Crippen LogP contribution is -2.40. The molecule has 2 N–H and O–H groups in total. The van der Waals surface area contributed by atoms with E-state index in [0.717, 1.165) is 5.39 Å². The molecule has 0 unspecified atom stereocenters. The van der Waals surface area contributed by atoms with Crippen LogP contribution in [0.1, 0.15) is 10.5 Å². The molecule has 0 bridgehead atoms. The summed E-state index contributed by atoms with van der Waals surface area (Å²) in [5.74, 6) is -0.458. The van der Waals surface area contributed by atoms with Crippen molar-refractivity contribution in [3.8, 4) is 0 Å². The number of aromatic amines is 1. The molecule has 1 saturated heterocycles. The summed E-state index contributed by atoms with van der Waals surface area (Å²) in [6.45, 7) is 1.25. The van der Waals surface area contributed by atoms with Crippen molar-refractivity contribution in [1.82, 2.24) is 9.29 Å². The largest absolute Gasteiger partial charge is 0.379 e. The Labute approximate surface area is 177 Å². The third kappa shape index (κ3) is 3.99. The fourth-order valence-electron chi connectivity index (χ4n) is 3.13. The van der Waals surface area contributed by atoms with Crippen LogP contribution in [0, 0.1) is 0 Å². The number of amides is 1. The third-order valence-corrected chi connectivity index (χ3v) is 7.18. The van der Waals surface area contributed by atoms with Crippen molar-refractivity contribution in [2.75, 3.05) is 31.6 Å². The summed E-state index contributed by atoms with van der Waals surface area (Å²) >= 11 is 12.3. The molecular formula is C19H17Cl2N3O4S. The van der Waals surface area contributed by atoms with E-state index in [4.69, 9.17) is 27.9 Å². The van der Waals surface area contributed by atoms with Gasteiger partial charge in [0.25, 0.3) is 5.91 Å². The number of anilines is 1. The summed E-state index contributed by atoms with van der Waals surface area (Å²) in [7, 11) is -3.71. The molecule has 2 heterocycles. The van der Waals surface area contributed by atoms with Crippen molar-refractivity contribution >= 4 is 55.7 Å². The molecule has 29 heavy (non-hydrogen) atoms. The Morgan fingerprint density at radius 2 is 1.83 bits per heavy atom. The number of halogens is 2. The minimum Gasteiger partial charge on any atom is -0.379 e. The molecule has 7 nitrogen and oxygen atoms in total. The van der Waals surface area contributed by atoms with Gasteiger partial charge in [-0.05, 0) is 30.3 Å². The second kappa shape index (κ2) is 7.97. The van der Waals surface area contributed by atoms with Gasteiger partial charge in [-0.25, -0.2) is 8.42 Å². The van der Waals surface area contributed by atoms with Crippen molar-refractivity contribution in [3.05, 3.63) is 58.2 Å². The molecular weight excluding hydrogens is 437 g/mol. The number of para-hydroxylation sites is 1. The van der Waals surface area contributed by atoms with Crippen molar-refractivity contribution in [1.29, 1.82) is 0 Å². The molecule has 4 rings (SSSR count). The van der Waals surface area contributed by atoms with Gasteiger partial charge in [-0.1, -0.05) is 35.3 Å². The Kier molecular flexibility index (Phi) is 5.54. The first-order chi connectivity index (χ1) is 13.9. The standard InChI is InChI=1S/C19H17Cl2N3O4S/c20-14-5-4-13(29(26,27)24-6-8-28-9-7-24)11-16(14)23-19(25)17-10-12-2-1-3-15(21)18(12)22-17/h1-5,10-11,22H,6-9H2,(H,23,25). The minimum absolute atomic E-state index is 0.0544. The number of H-pyrrole nitrogens is 1. The molecule has 10 heteroatoms. The summed E-state index contributed by atoms with van der Waals surface area (Å²) in [5.41, 5.74) is 1.13. The van der Waals surface area contributed by atoms with Gasteiger partial charge in [0.2, 0.25) is 10.0 Å². The Bertz CT molecular complexity index is 1190. The van der Waals surface area contributed by atoms with Crippen LogP contribution in [-0.2, 0) is 14.8 Å². The highest BCUT2D eigenvalue weighted by atomic mass is 35.5. The topological polar surface area (TPSA) is 91.5 Å². The number of nitrogens with one attached hydrogen (secondary N) is 2. The molecule has 0 atom stereocenters. The maximum Gasteiger partial charge on any atom is 0.272 e. The third-order valence-electron chi connectivity index (χ3n) is 4.64. The van der Waals surface area contributed by atoms with Crippen molar-refractivity contribution < 1.29 is 17.9 Å². The van der Waals surface area contributed by atoms with Gasteiger partial charge >= 0.3 is 0 Å². The highest BCUT2D eigenvalue weighted by Crippen LogP contribution is 2.29. The average molecular weight is 454 g/mol. The number of sulfonamides is 1. The lowest BCUT2D eigenvalue weighted by molar-refractivity contribution is 0.0730. The van der Waals surface area contributed by atoms with Gasteiger partial charge in [0.05, 0.1) is 39.4 Å². The summed E-state index contributed by atoms with van der Waals surface area (Å²) in [6.07, 6.45) is 0. The van der Waals surface area contributed by atoms with Crippen molar-refractivity contribution in [2.45, 2.75) is 4.90 Å². The smallest absolute Gasteiger partial charge is 0.272 e. The van der Waals surface area contributed by atoms with Crippen LogP contribution in [0.3, 0.4) is 0 Å². The molecule has 1 amide bonds. The molecule has 2 aromatic carbocycles. The van der Waals surface area contributed by atoms with Gasteiger partial charge in [0.15, 0.2) is 0 Å². The zero-order chi connectivity index (χ0) is 20.6. The fraction of sp³-hybridized carbons (Fsp3) is 0.211. The summed E-state index contributed by atoms with van der Waals surface area (Å²) in [6, 6.07) is 11.2. The molecule has 0 spiro atoms. The molecule has 152 valence electrons. The van der Waals surface area contributed by atoms with E-state index in [1.54, 1.807) is 18.2 Å². The van der Waals surface area contributed by atoms with Crippen LogP contribution in [0.2, 0.25) is 10.0 Å². The monoisotopic (exact) mass is 453 g/mol. The van der Waals surface area contributed by atoms with E-state index < -0.39 is 15.9 Å². The minimum atomic E-state index is -3.71. The number of aromatic nitrogens is 1. The van der Waals surface area contributed by atoms with Crippen molar-refractivity contribution in [2.24, 2.45) is 0 Å². The number of morpholine rings is 1. The van der Waals surface area contributed by atoms with Crippen LogP contribution in [0.15, 0.2) is 47.4 Å². The molecule has 0 radical (unpaired) electrons. The van der Waals surface area contributed by atoms with Crippen LogP contribution >= 0.6 is 23.2 Å². The first-order valence-electron chi connectivity index (χ1n) is 8.82. The number of carbonyl (C=O) groups is 1. The number of fused-ring (bicyclic) bond motifs is 1. The maximum atomic E-state index is 12.9. The number of hydrogen-bond acceptors (Lipinski definition) is 4. The van der Waals surface area contributed by atoms with Gasteiger partial charge < -0.3 is 15.0 Å². The quantitative estimate of drug-likeness (QED) is 0.628. The Morgan fingerprint density at radius 1 is 1.07 bits per heavy atom. The highest BCUT2D eigenvalue weighted by molar-refractivity contribution is 7.89. The number of nitrogens with zero attached hydrogens (tertiary/aromatic N) is 1. The zero-order valence-electron chi connectivity index (χ0n) is 15.1. The average Bonchev–Trinajstić information content (AvgIpc) is 3.16. The van der Waals surface area contributed by atoms with Gasteiger partial charge in [0.1, 0.15) is 5.69 Å². The first kappa shape index (κ1) is 20.2. The van der Waals surface area contributed by atoms with Crippen LogP contribution in [0.4, 0.5) is 5.69 Å². The molecule has 0 aliphatic carbocycles. The number of ether oxygens (including phenoxy) is 1. The maximum absolute atomic E-state index is 12.9. The van der Waals surface area contributed by atoms with Gasteiger partial charge in [-0.3, -0.25) is 4.79 Å². The van der Waals surface area contributed by atoms with Crippen LogP contribution in [0.5, 0.6) is 0 Å². The number of benzene rings is 2. The van der Waals surface area contributed by atoms with Gasteiger partial charge in [-0.15, -0.1) is 0 Å². The summed E-state index contributed by atoms with van der Waals surface area (Å²) in [4.78, 5) is 15.7.